The molecule has 2 rings (SSSR count). The lowest BCUT2D eigenvalue weighted by atomic mass is 9.93. The highest BCUT2D eigenvalue weighted by atomic mass is 32.1. The number of aliphatic hydroxyl groups excluding tert-OH is 1. The van der Waals surface area contributed by atoms with E-state index in [9.17, 15) is 5.11 Å². The molecule has 1 fully saturated rings. The molecular formula is C12H18OS. The number of rotatable bonds is 2. The highest BCUT2D eigenvalue weighted by Gasteiger charge is 2.22. The first-order valence-corrected chi connectivity index (χ1v) is 6.47. The van der Waals surface area contributed by atoms with E-state index in [0.29, 0.717) is 5.92 Å². The summed E-state index contributed by atoms with van der Waals surface area (Å²) in [5, 5.41) is 12.2. The lowest BCUT2D eigenvalue weighted by Crippen LogP contribution is -2.10. The van der Waals surface area contributed by atoms with E-state index in [1.54, 1.807) is 11.3 Å². The zero-order valence-electron chi connectivity index (χ0n) is 8.48. The summed E-state index contributed by atoms with van der Waals surface area (Å²) in [6.07, 6.45) is 7.52. The van der Waals surface area contributed by atoms with Crippen LogP contribution in [0.2, 0.25) is 0 Å². The summed E-state index contributed by atoms with van der Waals surface area (Å²) in [6.45, 7) is 0. The number of hydrogen-bond acceptors (Lipinski definition) is 2. The smallest absolute Gasteiger partial charge is 0.0909 e. The molecule has 1 nitrogen and oxygen atoms in total. The van der Waals surface area contributed by atoms with Crippen molar-refractivity contribution in [2.24, 2.45) is 5.92 Å². The van der Waals surface area contributed by atoms with Gasteiger partial charge in [0.1, 0.15) is 0 Å². The Morgan fingerprint density at radius 1 is 1.21 bits per heavy atom. The van der Waals surface area contributed by atoms with Crippen molar-refractivity contribution in [3.63, 3.8) is 0 Å². The van der Waals surface area contributed by atoms with Crippen LogP contribution < -0.4 is 0 Å². The minimum absolute atomic E-state index is 0.201. The second-order valence-corrected chi connectivity index (χ2v) is 5.19. The summed E-state index contributed by atoms with van der Waals surface area (Å²) in [5.74, 6) is 0.510. The second kappa shape index (κ2) is 4.94. The highest BCUT2D eigenvalue weighted by Crippen LogP contribution is 2.34. The third-order valence-corrected chi connectivity index (χ3v) is 4.12. The molecule has 1 aliphatic carbocycles. The number of hydrogen-bond donors (Lipinski definition) is 1. The summed E-state index contributed by atoms with van der Waals surface area (Å²) in [7, 11) is 0. The third-order valence-electron chi connectivity index (χ3n) is 3.18. The Hall–Kier alpha value is -0.340. The third kappa shape index (κ3) is 2.37. The molecule has 14 heavy (non-hydrogen) atoms. The maximum Gasteiger partial charge on any atom is 0.0909 e. The van der Waals surface area contributed by atoms with Gasteiger partial charge in [0, 0.05) is 4.88 Å². The average Bonchev–Trinajstić information content (AvgIpc) is 2.59. The maximum atomic E-state index is 10.2. The molecule has 1 aliphatic rings. The summed E-state index contributed by atoms with van der Waals surface area (Å²) in [5.41, 5.74) is 0. The summed E-state index contributed by atoms with van der Waals surface area (Å²) < 4.78 is 0. The molecule has 1 atom stereocenters. The van der Waals surface area contributed by atoms with Crippen molar-refractivity contribution >= 4 is 11.3 Å². The molecule has 1 aromatic rings. The molecule has 1 saturated carbocycles. The molecule has 1 N–H and O–H groups in total. The largest absolute Gasteiger partial charge is 0.387 e. The molecule has 0 aliphatic heterocycles. The Morgan fingerprint density at radius 2 is 1.93 bits per heavy atom. The van der Waals surface area contributed by atoms with Gasteiger partial charge in [-0.2, -0.15) is 0 Å². The molecule has 0 spiro atoms. The minimum Gasteiger partial charge on any atom is -0.387 e. The molecule has 1 aromatic heterocycles. The van der Waals surface area contributed by atoms with E-state index in [1.165, 1.54) is 38.5 Å². The first-order chi connectivity index (χ1) is 6.88. The van der Waals surface area contributed by atoms with Crippen molar-refractivity contribution in [2.75, 3.05) is 0 Å². The van der Waals surface area contributed by atoms with Gasteiger partial charge < -0.3 is 5.11 Å². The Morgan fingerprint density at radius 3 is 2.50 bits per heavy atom. The van der Waals surface area contributed by atoms with Crippen LogP contribution in [-0.4, -0.2) is 5.11 Å². The molecule has 2 heteroatoms. The van der Waals surface area contributed by atoms with E-state index in [2.05, 4.69) is 11.4 Å². The zero-order chi connectivity index (χ0) is 9.80. The van der Waals surface area contributed by atoms with Crippen LogP contribution in [0.15, 0.2) is 17.5 Å². The standard InChI is InChI=1S/C12H18OS/c13-12(11-8-5-9-14-11)10-6-3-1-2-4-7-10/h5,8-10,12-13H,1-4,6-7H2. The lowest BCUT2D eigenvalue weighted by molar-refractivity contribution is 0.102. The molecule has 0 amide bonds. The fourth-order valence-corrected chi connectivity index (χ4v) is 3.12. The van der Waals surface area contributed by atoms with Crippen molar-refractivity contribution in [1.82, 2.24) is 0 Å². The van der Waals surface area contributed by atoms with Gasteiger partial charge in [0.2, 0.25) is 0 Å². The molecule has 0 aromatic carbocycles. The Labute approximate surface area is 89.8 Å². The zero-order valence-corrected chi connectivity index (χ0v) is 9.30. The predicted octanol–water partition coefficient (Wildman–Crippen LogP) is 3.75. The first-order valence-electron chi connectivity index (χ1n) is 5.59. The van der Waals surface area contributed by atoms with Gasteiger partial charge >= 0.3 is 0 Å². The second-order valence-electron chi connectivity index (χ2n) is 4.21. The summed E-state index contributed by atoms with van der Waals surface area (Å²) in [6, 6.07) is 4.08. The van der Waals surface area contributed by atoms with Crippen LogP contribution in [0.3, 0.4) is 0 Å². The van der Waals surface area contributed by atoms with E-state index < -0.39 is 0 Å². The highest BCUT2D eigenvalue weighted by molar-refractivity contribution is 7.10. The monoisotopic (exact) mass is 210 g/mol. The quantitative estimate of drug-likeness (QED) is 0.737. The van der Waals surface area contributed by atoms with Crippen LogP contribution in [-0.2, 0) is 0 Å². The number of aliphatic hydroxyl groups is 1. The normalized spacial score (nSPS) is 21.8. The topological polar surface area (TPSA) is 20.2 Å². The van der Waals surface area contributed by atoms with Gasteiger partial charge in [0.15, 0.2) is 0 Å². The van der Waals surface area contributed by atoms with Crippen LogP contribution in [0.1, 0.15) is 49.5 Å². The van der Waals surface area contributed by atoms with Gasteiger partial charge in [0.25, 0.3) is 0 Å². The van der Waals surface area contributed by atoms with Crippen LogP contribution in [0.5, 0.6) is 0 Å². The van der Waals surface area contributed by atoms with Crippen LogP contribution >= 0.6 is 11.3 Å². The van der Waals surface area contributed by atoms with Gasteiger partial charge in [-0.3, -0.25) is 0 Å². The molecular weight excluding hydrogens is 192 g/mol. The molecule has 1 heterocycles. The van der Waals surface area contributed by atoms with Crippen molar-refractivity contribution in [1.29, 1.82) is 0 Å². The van der Waals surface area contributed by atoms with Gasteiger partial charge in [-0.1, -0.05) is 31.7 Å². The molecule has 0 bridgehead atoms. The average molecular weight is 210 g/mol. The van der Waals surface area contributed by atoms with Crippen LogP contribution in [0.4, 0.5) is 0 Å². The lowest BCUT2D eigenvalue weighted by Gasteiger charge is -2.19. The predicted molar refractivity (Wildman–Crippen MR) is 60.5 cm³/mol. The number of thiophene rings is 1. The van der Waals surface area contributed by atoms with Crippen molar-refractivity contribution in [3.05, 3.63) is 22.4 Å². The minimum atomic E-state index is -0.201. The van der Waals surface area contributed by atoms with E-state index in [4.69, 9.17) is 0 Å². The summed E-state index contributed by atoms with van der Waals surface area (Å²) in [4.78, 5) is 1.15. The van der Waals surface area contributed by atoms with Crippen molar-refractivity contribution in [2.45, 2.75) is 44.6 Å². The SMILES string of the molecule is OC(c1cccs1)C1CCCCCC1. The van der Waals surface area contributed by atoms with Crippen LogP contribution in [0.25, 0.3) is 0 Å². The molecule has 0 radical (unpaired) electrons. The Balaban J connectivity index is 1.99. The first kappa shape index (κ1) is 10.2. The fourth-order valence-electron chi connectivity index (χ4n) is 2.32. The van der Waals surface area contributed by atoms with Crippen molar-refractivity contribution < 1.29 is 5.11 Å². The fraction of sp³-hybridized carbons (Fsp3) is 0.667. The molecule has 1 unspecified atom stereocenters. The molecule has 78 valence electrons. The Kier molecular flexibility index (Phi) is 3.60. The van der Waals surface area contributed by atoms with Crippen LogP contribution in [0, 0.1) is 5.92 Å². The van der Waals surface area contributed by atoms with Gasteiger partial charge in [-0.05, 0) is 30.2 Å². The Bertz CT molecular complexity index is 247. The van der Waals surface area contributed by atoms with E-state index >= 15 is 0 Å². The van der Waals surface area contributed by atoms with Crippen molar-refractivity contribution in [3.8, 4) is 0 Å². The van der Waals surface area contributed by atoms with E-state index in [-0.39, 0.29) is 6.10 Å². The van der Waals surface area contributed by atoms with Gasteiger partial charge in [-0.15, -0.1) is 11.3 Å². The van der Waals surface area contributed by atoms with E-state index in [0.717, 1.165) is 4.88 Å². The van der Waals surface area contributed by atoms with Gasteiger partial charge in [0.05, 0.1) is 6.10 Å². The molecule has 0 saturated heterocycles. The maximum absolute atomic E-state index is 10.2. The van der Waals surface area contributed by atoms with E-state index in [1.807, 2.05) is 6.07 Å². The summed E-state index contributed by atoms with van der Waals surface area (Å²) >= 11 is 1.68. The van der Waals surface area contributed by atoms with Gasteiger partial charge in [-0.25, -0.2) is 0 Å².